The zero-order chi connectivity index (χ0) is 12.2. The molecule has 1 aromatic heterocycles. The van der Waals surface area contributed by atoms with Gasteiger partial charge in [-0.05, 0) is 0 Å². The van der Waals surface area contributed by atoms with Crippen LogP contribution in [-0.4, -0.2) is 36.5 Å². The van der Waals surface area contributed by atoms with Crippen molar-refractivity contribution in [2.24, 2.45) is 0 Å². The van der Waals surface area contributed by atoms with Gasteiger partial charge in [0.1, 0.15) is 15.7 Å². The fourth-order valence-corrected chi connectivity index (χ4v) is 1.63. The molecule has 0 unspecified atom stereocenters. The minimum Gasteiger partial charge on any atom is -0.309 e. The second-order valence-electron chi connectivity index (χ2n) is 3.34. The average Bonchev–Trinajstić information content (AvgIpc) is 2.58. The first-order chi connectivity index (χ1) is 7.40. The molecule has 1 heterocycles. The molecule has 8 heteroatoms. The molecule has 0 fully saturated rings. The van der Waals surface area contributed by atoms with Crippen LogP contribution in [0.1, 0.15) is 12.4 Å². The average molecular weight is 253 g/mol. The Kier molecular flexibility index (Phi) is 4.36. The normalized spacial score (nSPS) is 12.2. The third-order valence-corrected chi connectivity index (χ3v) is 2.84. The number of rotatable bonds is 6. The summed E-state index contributed by atoms with van der Waals surface area (Å²) in [6.45, 7) is -2.30. The molecule has 0 aliphatic carbocycles. The van der Waals surface area contributed by atoms with Crippen molar-refractivity contribution in [3.05, 3.63) is 18.2 Å². The number of nitrogens with one attached hydrogen (secondary N) is 1. The minimum atomic E-state index is -3.03. The van der Waals surface area contributed by atoms with E-state index in [-0.39, 0.29) is 24.7 Å². The van der Waals surface area contributed by atoms with Crippen LogP contribution in [0.2, 0.25) is 0 Å². The van der Waals surface area contributed by atoms with Crippen LogP contribution in [-0.2, 0) is 16.4 Å². The van der Waals surface area contributed by atoms with Crippen LogP contribution in [0, 0.1) is 0 Å². The molecular formula is C8H13F2N3O2S. The lowest BCUT2D eigenvalue weighted by atomic mass is 10.5. The van der Waals surface area contributed by atoms with Gasteiger partial charge >= 0.3 is 6.55 Å². The lowest BCUT2D eigenvalue weighted by Gasteiger charge is -2.07. The van der Waals surface area contributed by atoms with E-state index < -0.39 is 16.4 Å². The standard InChI is InChI=1S/C8H13F2N3O2S/c1-16(14,15)5-3-11-6-7-12-2-4-13(7)8(9)10/h2,4,8,11H,3,5-6H2,1H3. The Morgan fingerprint density at radius 3 is 2.81 bits per heavy atom. The van der Waals surface area contributed by atoms with Gasteiger partial charge in [0.05, 0.1) is 12.3 Å². The van der Waals surface area contributed by atoms with Crippen LogP contribution in [0.4, 0.5) is 8.78 Å². The van der Waals surface area contributed by atoms with Gasteiger partial charge in [0.25, 0.3) is 0 Å². The van der Waals surface area contributed by atoms with Gasteiger partial charge in [-0.15, -0.1) is 0 Å². The van der Waals surface area contributed by atoms with E-state index in [0.29, 0.717) is 0 Å². The Morgan fingerprint density at radius 1 is 1.56 bits per heavy atom. The Morgan fingerprint density at radius 2 is 2.25 bits per heavy atom. The van der Waals surface area contributed by atoms with E-state index >= 15 is 0 Å². The third kappa shape index (κ3) is 4.23. The Balaban J connectivity index is 2.40. The van der Waals surface area contributed by atoms with Crippen molar-refractivity contribution in [1.82, 2.24) is 14.9 Å². The van der Waals surface area contributed by atoms with E-state index in [2.05, 4.69) is 10.3 Å². The fourth-order valence-electron chi connectivity index (χ4n) is 1.12. The van der Waals surface area contributed by atoms with Gasteiger partial charge in [0.15, 0.2) is 0 Å². The SMILES string of the molecule is CS(=O)(=O)CCNCc1nccn1C(F)F. The predicted molar refractivity (Wildman–Crippen MR) is 54.9 cm³/mol. The molecule has 0 saturated heterocycles. The molecule has 0 aliphatic rings. The molecule has 0 aromatic carbocycles. The van der Waals surface area contributed by atoms with Gasteiger partial charge in [-0.2, -0.15) is 8.78 Å². The smallest absolute Gasteiger partial charge is 0.309 e. The highest BCUT2D eigenvalue weighted by Gasteiger charge is 2.10. The van der Waals surface area contributed by atoms with Gasteiger partial charge in [-0.3, -0.25) is 4.57 Å². The van der Waals surface area contributed by atoms with Gasteiger partial charge < -0.3 is 5.32 Å². The van der Waals surface area contributed by atoms with Crippen LogP contribution in [0.5, 0.6) is 0 Å². The highest BCUT2D eigenvalue weighted by molar-refractivity contribution is 7.90. The molecule has 0 radical (unpaired) electrons. The van der Waals surface area contributed by atoms with E-state index in [4.69, 9.17) is 0 Å². The molecule has 0 amide bonds. The minimum absolute atomic E-state index is 0.0254. The van der Waals surface area contributed by atoms with Crippen molar-refractivity contribution < 1.29 is 17.2 Å². The molecular weight excluding hydrogens is 240 g/mol. The summed E-state index contributed by atoms with van der Waals surface area (Å²) < 4.78 is 47.0. The maximum Gasteiger partial charge on any atom is 0.319 e. The zero-order valence-electron chi connectivity index (χ0n) is 8.73. The van der Waals surface area contributed by atoms with Crippen molar-refractivity contribution in [3.8, 4) is 0 Å². The van der Waals surface area contributed by atoms with Crippen LogP contribution in [0.15, 0.2) is 12.4 Å². The number of sulfone groups is 1. The Labute approximate surface area is 92.4 Å². The number of hydrogen-bond donors (Lipinski definition) is 1. The topological polar surface area (TPSA) is 64.0 Å². The van der Waals surface area contributed by atoms with E-state index in [1.807, 2.05) is 0 Å². The number of alkyl halides is 2. The molecule has 0 saturated carbocycles. The molecule has 16 heavy (non-hydrogen) atoms. The molecule has 0 bridgehead atoms. The number of imidazole rings is 1. The van der Waals surface area contributed by atoms with Crippen LogP contribution in [0.25, 0.3) is 0 Å². The summed E-state index contributed by atoms with van der Waals surface area (Å²) in [7, 11) is -3.03. The van der Waals surface area contributed by atoms with Gasteiger partial charge in [-0.25, -0.2) is 13.4 Å². The second kappa shape index (κ2) is 5.35. The predicted octanol–water partition coefficient (Wildman–Crippen LogP) is 0.412. The Hall–Kier alpha value is -1.02. The molecule has 1 N–H and O–H groups in total. The summed E-state index contributed by atoms with van der Waals surface area (Å²) in [5.74, 6) is 0.158. The highest BCUT2D eigenvalue weighted by Crippen LogP contribution is 2.11. The third-order valence-electron chi connectivity index (χ3n) is 1.89. The zero-order valence-corrected chi connectivity index (χ0v) is 9.54. The molecule has 1 rings (SSSR count). The first-order valence-electron chi connectivity index (χ1n) is 4.58. The summed E-state index contributed by atoms with van der Waals surface area (Å²) in [5, 5.41) is 2.74. The summed E-state index contributed by atoms with van der Waals surface area (Å²) in [4.78, 5) is 3.74. The first-order valence-corrected chi connectivity index (χ1v) is 6.64. The van der Waals surface area contributed by atoms with Crippen LogP contribution < -0.4 is 5.32 Å². The maximum atomic E-state index is 12.4. The summed E-state index contributed by atoms with van der Waals surface area (Å²) in [6.07, 6.45) is 3.58. The molecule has 92 valence electrons. The van der Waals surface area contributed by atoms with Crippen molar-refractivity contribution in [3.63, 3.8) is 0 Å². The van der Waals surface area contributed by atoms with E-state index in [1.54, 1.807) is 0 Å². The molecule has 0 aliphatic heterocycles. The Bertz CT molecular complexity index is 430. The monoisotopic (exact) mass is 253 g/mol. The van der Waals surface area contributed by atoms with Gasteiger partial charge in [0.2, 0.25) is 0 Å². The number of aromatic nitrogens is 2. The lowest BCUT2D eigenvalue weighted by molar-refractivity contribution is 0.0666. The summed E-state index contributed by atoms with van der Waals surface area (Å²) >= 11 is 0. The van der Waals surface area contributed by atoms with Crippen molar-refractivity contribution in [2.45, 2.75) is 13.1 Å². The van der Waals surface area contributed by atoms with E-state index in [1.165, 1.54) is 12.4 Å². The molecule has 1 aromatic rings. The summed E-state index contributed by atoms with van der Waals surface area (Å²) in [5.41, 5.74) is 0. The van der Waals surface area contributed by atoms with Gasteiger partial charge in [-0.1, -0.05) is 0 Å². The molecule has 5 nitrogen and oxygen atoms in total. The lowest BCUT2D eigenvalue weighted by Crippen LogP contribution is -2.23. The number of halogens is 2. The second-order valence-corrected chi connectivity index (χ2v) is 5.59. The molecule has 0 atom stereocenters. The van der Waals surface area contributed by atoms with Crippen LogP contribution in [0.3, 0.4) is 0 Å². The largest absolute Gasteiger partial charge is 0.319 e. The maximum absolute atomic E-state index is 12.4. The van der Waals surface area contributed by atoms with E-state index in [0.717, 1.165) is 10.8 Å². The van der Waals surface area contributed by atoms with Crippen molar-refractivity contribution in [2.75, 3.05) is 18.6 Å². The fraction of sp³-hybridized carbons (Fsp3) is 0.625. The van der Waals surface area contributed by atoms with Gasteiger partial charge in [0, 0.05) is 25.2 Å². The first kappa shape index (κ1) is 13.0. The molecule has 0 spiro atoms. The quantitative estimate of drug-likeness (QED) is 0.746. The van der Waals surface area contributed by atoms with Crippen molar-refractivity contribution in [1.29, 1.82) is 0 Å². The number of nitrogens with zero attached hydrogens (tertiary/aromatic N) is 2. The van der Waals surface area contributed by atoms with E-state index in [9.17, 15) is 17.2 Å². The highest BCUT2D eigenvalue weighted by atomic mass is 32.2. The number of hydrogen-bond acceptors (Lipinski definition) is 4. The summed E-state index contributed by atoms with van der Waals surface area (Å²) in [6, 6.07) is 0. The van der Waals surface area contributed by atoms with Crippen LogP contribution >= 0.6 is 0 Å². The van der Waals surface area contributed by atoms with Crippen molar-refractivity contribution >= 4 is 9.84 Å².